The Morgan fingerprint density at radius 2 is 1.61 bits per heavy atom. The predicted molar refractivity (Wildman–Crippen MR) is 94.7 cm³/mol. The Labute approximate surface area is 142 Å². The maximum Gasteiger partial charge on any atom is 0.336 e. The summed E-state index contributed by atoms with van der Waals surface area (Å²) < 4.78 is 1.32. The zero-order chi connectivity index (χ0) is 16.1. The maximum atomic E-state index is 12.2. The quantitative estimate of drug-likeness (QED) is 0.768. The van der Waals surface area contributed by atoms with Crippen molar-refractivity contribution < 1.29 is 4.79 Å². The summed E-state index contributed by atoms with van der Waals surface area (Å²) in [6.45, 7) is 0. The molecule has 0 aromatic heterocycles. The fourth-order valence-electron chi connectivity index (χ4n) is 3.01. The van der Waals surface area contributed by atoms with Crippen LogP contribution in [0.3, 0.4) is 0 Å². The van der Waals surface area contributed by atoms with E-state index in [2.05, 4.69) is 17.4 Å². The van der Waals surface area contributed by atoms with Crippen LogP contribution < -0.4 is 5.32 Å². The van der Waals surface area contributed by atoms with E-state index in [0.29, 0.717) is 0 Å². The van der Waals surface area contributed by atoms with E-state index in [-0.39, 0.29) is 12.1 Å². The second-order valence-electron chi connectivity index (χ2n) is 6.04. The monoisotopic (exact) mass is 328 g/mol. The van der Waals surface area contributed by atoms with Crippen molar-refractivity contribution in [2.45, 2.75) is 38.1 Å². The lowest BCUT2D eigenvalue weighted by Crippen LogP contribution is -2.34. The summed E-state index contributed by atoms with van der Waals surface area (Å²) in [7, 11) is 0. The third kappa shape index (κ3) is 4.26. The number of anilines is 1. The van der Waals surface area contributed by atoms with E-state index in [1.165, 1.54) is 15.5 Å². The van der Waals surface area contributed by atoms with E-state index in [9.17, 15) is 4.79 Å². The van der Waals surface area contributed by atoms with E-state index >= 15 is 0 Å². The molecule has 2 aromatic carbocycles. The molecule has 23 heavy (non-hydrogen) atoms. The average molecular weight is 329 g/mol. The molecule has 0 aliphatic heterocycles. The Kier molecular flexibility index (Phi) is 5.19. The Balaban J connectivity index is 1.57. The van der Waals surface area contributed by atoms with Crippen LogP contribution in [0.1, 0.15) is 36.8 Å². The molecule has 3 rings (SSSR count). The lowest BCUT2D eigenvalue weighted by atomic mass is 10.0. The number of halogens is 1. The standard InChI is InChI=1S/C19H21ClN2O/c20-22(18-8-4-5-9-18)19(23)21-17-12-10-16(11-13-17)14-15-6-2-1-3-7-15/h1-3,6-7,10-13,18H,4-5,8-9,14H2,(H,21,23). The molecule has 4 heteroatoms. The van der Waals surface area contributed by atoms with Crippen LogP contribution >= 0.6 is 11.8 Å². The van der Waals surface area contributed by atoms with Crippen molar-refractivity contribution in [1.82, 2.24) is 4.42 Å². The SMILES string of the molecule is O=C(Nc1ccc(Cc2ccccc2)cc1)N(Cl)C1CCCC1. The van der Waals surface area contributed by atoms with Crippen LogP contribution in [0.2, 0.25) is 0 Å². The second-order valence-corrected chi connectivity index (χ2v) is 6.40. The molecule has 0 unspecified atom stereocenters. The average Bonchev–Trinajstić information content (AvgIpc) is 3.11. The van der Waals surface area contributed by atoms with Gasteiger partial charge < -0.3 is 5.32 Å². The van der Waals surface area contributed by atoms with Gasteiger partial charge in [0, 0.05) is 17.5 Å². The maximum absolute atomic E-state index is 12.2. The van der Waals surface area contributed by atoms with Crippen molar-refractivity contribution in [3.05, 3.63) is 65.7 Å². The summed E-state index contributed by atoms with van der Waals surface area (Å²) in [6, 6.07) is 18.2. The first-order chi connectivity index (χ1) is 11.2. The third-order valence-corrected chi connectivity index (χ3v) is 4.73. The van der Waals surface area contributed by atoms with Crippen molar-refractivity contribution in [1.29, 1.82) is 0 Å². The predicted octanol–water partition coefficient (Wildman–Crippen LogP) is 5.21. The van der Waals surface area contributed by atoms with Crippen molar-refractivity contribution in [3.8, 4) is 0 Å². The Morgan fingerprint density at radius 1 is 1.00 bits per heavy atom. The van der Waals surface area contributed by atoms with Gasteiger partial charge in [0.25, 0.3) is 0 Å². The molecule has 0 spiro atoms. The number of urea groups is 1. The Hall–Kier alpha value is -2.00. The number of benzene rings is 2. The molecule has 3 nitrogen and oxygen atoms in total. The summed E-state index contributed by atoms with van der Waals surface area (Å²) >= 11 is 6.15. The normalized spacial score (nSPS) is 14.7. The van der Waals surface area contributed by atoms with Crippen molar-refractivity contribution in [3.63, 3.8) is 0 Å². The fourth-order valence-corrected chi connectivity index (χ4v) is 3.25. The van der Waals surface area contributed by atoms with Gasteiger partial charge in [-0.15, -0.1) is 0 Å². The molecule has 0 saturated heterocycles. The van der Waals surface area contributed by atoms with Crippen LogP contribution in [-0.4, -0.2) is 16.5 Å². The highest BCUT2D eigenvalue weighted by Gasteiger charge is 2.25. The fraction of sp³-hybridized carbons (Fsp3) is 0.316. The van der Waals surface area contributed by atoms with Gasteiger partial charge in [0.1, 0.15) is 0 Å². The Morgan fingerprint density at radius 3 is 2.26 bits per heavy atom. The minimum absolute atomic E-state index is 0.161. The van der Waals surface area contributed by atoms with Crippen molar-refractivity contribution in [2.75, 3.05) is 5.32 Å². The number of amides is 2. The zero-order valence-electron chi connectivity index (χ0n) is 13.0. The number of hydrogen-bond acceptors (Lipinski definition) is 1. The molecule has 0 heterocycles. The van der Waals surface area contributed by atoms with Gasteiger partial charge in [0.05, 0.1) is 6.04 Å². The molecule has 1 N–H and O–H groups in total. The van der Waals surface area contributed by atoms with Gasteiger partial charge in [-0.05, 0) is 42.5 Å². The van der Waals surface area contributed by atoms with E-state index in [1.54, 1.807) is 0 Å². The highest BCUT2D eigenvalue weighted by Crippen LogP contribution is 2.25. The van der Waals surface area contributed by atoms with Gasteiger partial charge in [-0.25, -0.2) is 9.21 Å². The van der Waals surface area contributed by atoms with Gasteiger partial charge in [0.15, 0.2) is 0 Å². The molecule has 120 valence electrons. The van der Waals surface area contributed by atoms with Gasteiger partial charge in [-0.2, -0.15) is 0 Å². The molecular weight excluding hydrogens is 308 g/mol. The molecule has 0 atom stereocenters. The minimum Gasteiger partial charge on any atom is -0.307 e. The van der Waals surface area contributed by atoms with Crippen LogP contribution in [0, 0.1) is 0 Å². The van der Waals surface area contributed by atoms with Crippen LogP contribution in [-0.2, 0) is 6.42 Å². The van der Waals surface area contributed by atoms with Crippen molar-refractivity contribution in [2.24, 2.45) is 0 Å². The molecule has 2 amide bonds. The molecular formula is C19H21ClN2O. The summed E-state index contributed by atoms with van der Waals surface area (Å²) in [4.78, 5) is 12.2. The van der Waals surface area contributed by atoms with Crippen molar-refractivity contribution >= 4 is 23.5 Å². The lowest BCUT2D eigenvalue weighted by Gasteiger charge is -2.21. The van der Waals surface area contributed by atoms with E-state index < -0.39 is 0 Å². The molecule has 1 saturated carbocycles. The summed E-state index contributed by atoms with van der Waals surface area (Å²) in [6.07, 6.45) is 5.17. The first-order valence-electron chi connectivity index (χ1n) is 8.11. The molecule has 1 fully saturated rings. The minimum atomic E-state index is -0.241. The first kappa shape index (κ1) is 15.9. The Bertz CT molecular complexity index is 636. The number of hydrogen-bond donors (Lipinski definition) is 1. The summed E-state index contributed by atoms with van der Waals surface area (Å²) in [5.74, 6) is 0. The number of carbonyl (C=O) groups is 1. The molecule has 1 aliphatic carbocycles. The lowest BCUT2D eigenvalue weighted by molar-refractivity contribution is 0.227. The number of nitrogens with one attached hydrogen (secondary N) is 1. The van der Waals surface area contributed by atoms with Gasteiger partial charge in [-0.3, -0.25) is 0 Å². The van der Waals surface area contributed by atoms with E-state index in [0.717, 1.165) is 37.8 Å². The zero-order valence-corrected chi connectivity index (χ0v) is 13.8. The largest absolute Gasteiger partial charge is 0.336 e. The molecule has 0 radical (unpaired) electrons. The third-order valence-electron chi connectivity index (χ3n) is 4.30. The van der Waals surface area contributed by atoms with Crippen LogP contribution in [0.15, 0.2) is 54.6 Å². The molecule has 2 aromatic rings. The topological polar surface area (TPSA) is 32.3 Å². The van der Waals surface area contributed by atoms with Gasteiger partial charge in [-0.1, -0.05) is 55.3 Å². The van der Waals surface area contributed by atoms with Crippen LogP contribution in [0.25, 0.3) is 0 Å². The first-order valence-corrected chi connectivity index (χ1v) is 8.45. The van der Waals surface area contributed by atoms with Gasteiger partial charge >= 0.3 is 6.03 Å². The summed E-state index contributed by atoms with van der Waals surface area (Å²) in [5.41, 5.74) is 3.26. The number of carbonyl (C=O) groups excluding carboxylic acids is 1. The van der Waals surface area contributed by atoms with Gasteiger partial charge in [0.2, 0.25) is 0 Å². The molecule has 1 aliphatic rings. The second kappa shape index (κ2) is 7.51. The highest BCUT2D eigenvalue weighted by atomic mass is 35.5. The number of rotatable bonds is 4. The van der Waals surface area contributed by atoms with E-state index in [4.69, 9.17) is 11.8 Å². The summed E-state index contributed by atoms with van der Waals surface area (Å²) in [5, 5.41) is 2.86. The molecule has 0 bridgehead atoms. The van der Waals surface area contributed by atoms with Crippen LogP contribution in [0.4, 0.5) is 10.5 Å². The van der Waals surface area contributed by atoms with Crippen LogP contribution in [0.5, 0.6) is 0 Å². The van der Waals surface area contributed by atoms with E-state index in [1.807, 2.05) is 42.5 Å². The smallest absolute Gasteiger partial charge is 0.307 e. The number of nitrogens with zero attached hydrogens (tertiary/aromatic N) is 1. The highest BCUT2D eigenvalue weighted by molar-refractivity contribution is 6.23.